The lowest BCUT2D eigenvalue weighted by atomic mass is 9.95. The lowest BCUT2D eigenvalue weighted by Gasteiger charge is -2.32. The van der Waals surface area contributed by atoms with Gasteiger partial charge in [0.05, 0.1) is 18.9 Å². The summed E-state index contributed by atoms with van der Waals surface area (Å²) in [7, 11) is 0. The molecule has 0 spiro atoms. The number of benzene rings is 1. The predicted molar refractivity (Wildman–Crippen MR) is 271 cm³/mol. The van der Waals surface area contributed by atoms with Crippen molar-refractivity contribution in [3.05, 3.63) is 48.0 Å². The van der Waals surface area contributed by atoms with E-state index in [1.165, 1.54) is 41.7 Å². The Morgan fingerprint density at radius 3 is 1.90 bits per heavy atom. The zero-order chi connectivity index (χ0) is 54.5. The van der Waals surface area contributed by atoms with Gasteiger partial charge in [-0.1, -0.05) is 80.4 Å². The van der Waals surface area contributed by atoms with E-state index < -0.39 is 114 Å². The van der Waals surface area contributed by atoms with Gasteiger partial charge in [0, 0.05) is 31.3 Å². The second kappa shape index (κ2) is 29.8. The van der Waals surface area contributed by atoms with Gasteiger partial charge in [0.2, 0.25) is 47.3 Å². The van der Waals surface area contributed by atoms with Gasteiger partial charge >= 0.3 is 5.97 Å². The van der Waals surface area contributed by atoms with Gasteiger partial charge < -0.3 is 68.8 Å². The van der Waals surface area contributed by atoms with Crippen LogP contribution in [0.2, 0.25) is 0 Å². The zero-order valence-electron chi connectivity index (χ0n) is 43.5. The molecule has 1 aromatic heterocycles. The summed E-state index contributed by atoms with van der Waals surface area (Å²) in [4.78, 5) is 130. The molecule has 1 saturated heterocycles. The lowest BCUT2D eigenvalue weighted by Crippen LogP contribution is -2.62. The molecule has 406 valence electrons. The maximum Gasteiger partial charge on any atom is 0.326 e. The van der Waals surface area contributed by atoms with E-state index in [1.807, 2.05) is 20.8 Å². The highest BCUT2D eigenvalue weighted by molar-refractivity contribution is 5.98. The lowest BCUT2D eigenvalue weighted by molar-refractivity contribution is -0.141. The number of carboxylic acids is 1. The van der Waals surface area contributed by atoms with Crippen LogP contribution in [0.15, 0.2) is 36.8 Å². The number of aromatic amines is 1. The molecule has 2 heterocycles. The number of aromatic hydroxyl groups is 1. The topological polar surface area (TPSA) is 362 Å². The third-order valence-electron chi connectivity index (χ3n) is 12.8. The van der Waals surface area contributed by atoms with Gasteiger partial charge in [0.25, 0.3) is 0 Å². The van der Waals surface area contributed by atoms with Crippen LogP contribution in [0.5, 0.6) is 5.75 Å². The number of carbonyl (C=O) groups excluding carboxylic acids is 8. The number of hydrogen-bond donors (Lipinski definition) is 12. The van der Waals surface area contributed by atoms with Crippen molar-refractivity contribution in [3.63, 3.8) is 0 Å². The van der Waals surface area contributed by atoms with E-state index in [1.54, 1.807) is 34.6 Å². The quantitative estimate of drug-likeness (QED) is 0.0454. The molecule has 1 aromatic carbocycles. The molecular formula is C50H80N12O11. The summed E-state index contributed by atoms with van der Waals surface area (Å²) in [6.07, 6.45) is 5.97. The highest BCUT2D eigenvalue weighted by Crippen LogP contribution is 2.21. The number of nitrogens with two attached hydrogens (primary N) is 2. The molecule has 1 aliphatic rings. The van der Waals surface area contributed by atoms with Gasteiger partial charge in [-0.2, -0.15) is 0 Å². The molecule has 0 bridgehead atoms. The molecule has 1 fully saturated rings. The van der Waals surface area contributed by atoms with Crippen molar-refractivity contribution in [2.45, 2.75) is 162 Å². The Balaban J connectivity index is 1.74. The van der Waals surface area contributed by atoms with Crippen LogP contribution < -0.4 is 48.7 Å². The molecule has 0 radical (unpaired) electrons. The van der Waals surface area contributed by atoms with Gasteiger partial charge in [-0.15, -0.1) is 0 Å². The van der Waals surface area contributed by atoms with E-state index in [9.17, 15) is 53.4 Å². The number of nitrogens with zero attached hydrogens (tertiary/aromatic N) is 2. The van der Waals surface area contributed by atoms with Gasteiger partial charge in [0.1, 0.15) is 48.0 Å². The van der Waals surface area contributed by atoms with E-state index in [4.69, 9.17) is 11.5 Å². The standard InChI is InChI=1S/C50H80N12O11/c1-9-30(8)42(61-45(67)38-14-12-20-62(38)49(71)34(52)13-10-11-19-51)48(70)60-41(29(6)7)47(69)59-40(28(4)5)46(68)58-35(21-27(2)3)44(66)57-36(23-32-24-53-26-55-32)43(65)54-25-39(64)56-37(50(72)73)22-31-15-17-33(63)18-16-31/h15-18,24,26-30,34-38,40-42,63H,9-14,19-23,25,51-52H2,1-8H3,(H,53,55)(H,54,65)(H,56,64)(H,57,66)(H,58,68)(H,59,69)(H,60,70)(H,61,67)(H,72,73)/t30-,34-,35-,36-,37-,38-,40-,41-,42-/m0/s1. The van der Waals surface area contributed by atoms with Crippen molar-refractivity contribution in [2.75, 3.05) is 19.6 Å². The summed E-state index contributed by atoms with van der Waals surface area (Å²) in [6, 6.07) is -3.19. The molecule has 0 saturated carbocycles. The number of H-pyrrole nitrogens is 1. The minimum atomic E-state index is -1.36. The minimum Gasteiger partial charge on any atom is -0.508 e. The number of rotatable bonds is 30. The molecule has 73 heavy (non-hydrogen) atoms. The summed E-state index contributed by atoms with van der Waals surface area (Å²) >= 11 is 0. The van der Waals surface area contributed by atoms with Crippen molar-refractivity contribution in [2.24, 2.45) is 35.1 Å². The average molecular weight is 1030 g/mol. The number of carbonyl (C=O) groups is 9. The molecule has 9 atom stereocenters. The first kappa shape index (κ1) is 60.7. The second-order valence-corrected chi connectivity index (χ2v) is 20.0. The summed E-state index contributed by atoms with van der Waals surface area (Å²) in [5, 5.41) is 38.0. The molecule has 1 aliphatic heterocycles. The Bertz CT molecular complexity index is 2150. The molecule has 2 aromatic rings. The summed E-state index contributed by atoms with van der Waals surface area (Å²) in [6.45, 7) is 14.3. The Hall–Kier alpha value is -6.62. The summed E-state index contributed by atoms with van der Waals surface area (Å²) in [5.74, 6) is -8.16. The van der Waals surface area contributed by atoms with Crippen molar-refractivity contribution >= 4 is 53.2 Å². The van der Waals surface area contributed by atoms with Gasteiger partial charge in [-0.05, 0) is 80.0 Å². The van der Waals surface area contributed by atoms with Crippen molar-refractivity contribution in [1.29, 1.82) is 0 Å². The van der Waals surface area contributed by atoms with Crippen molar-refractivity contribution < 1.29 is 53.4 Å². The van der Waals surface area contributed by atoms with Gasteiger partial charge in [-0.25, -0.2) is 9.78 Å². The first-order valence-corrected chi connectivity index (χ1v) is 25.3. The highest BCUT2D eigenvalue weighted by atomic mass is 16.4. The Morgan fingerprint density at radius 1 is 0.753 bits per heavy atom. The molecule has 14 N–H and O–H groups in total. The SMILES string of the molecule is CC[C@H](C)[C@H](NC(=O)[C@@H]1CCCN1C(=O)[C@@H](N)CCCCN)C(=O)N[C@H](C(=O)N[C@H](C(=O)N[C@@H](CC(C)C)C(=O)N[C@@H](Cc1cnc[nH]1)C(=O)NCC(=O)N[C@@H](Cc1ccc(O)cc1)C(=O)O)C(C)C)C(C)C. The maximum absolute atomic E-state index is 14.1. The number of phenolic OH excluding ortho intramolecular Hbond substituents is 1. The Labute approximate surface area is 427 Å². The number of phenols is 1. The third kappa shape index (κ3) is 19.4. The monoisotopic (exact) mass is 1020 g/mol. The van der Waals surface area contributed by atoms with Gasteiger partial charge in [-0.3, -0.25) is 38.4 Å². The van der Waals surface area contributed by atoms with E-state index in [0.717, 1.165) is 0 Å². The fraction of sp³-hybridized carbons (Fsp3) is 0.640. The van der Waals surface area contributed by atoms with E-state index >= 15 is 0 Å². The van der Waals surface area contributed by atoms with Crippen LogP contribution >= 0.6 is 0 Å². The number of nitrogens with one attached hydrogen (secondary N) is 8. The van der Waals surface area contributed by atoms with Crippen LogP contribution in [0.1, 0.15) is 112 Å². The number of unbranched alkanes of at least 4 members (excludes halogenated alkanes) is 1. The van der Waals surface area contributed by atoms with E-state index in [-0.39, 0.29) is 42.8 Å². The second-order valence-electron chi connectivity index (χ2n) is 20.0. The minimum absolute atomic E-state index is 0.0160. The van der Waals surface area contributed by atoms with E-state index in [2.05, 4.69) is 47.2 Å². The van der Waals surface area contributed by atoms with Crippen molar-refractivity contribution in [3.8, 4) is 5.75 Å². The number of amides is 8. The molecule has 8 amide bonds. The van der Waals surface area contributed by atoms with Crippen LogP contribution in [0.4, 0.5) is 0 Å². The van der Waals surface area contributed by atoms with Crippen LogP contribution in [0, 0.1) is 23.7 Å². The van der Waals surface area contributed by atoms with Crippen LogP contribution in [-0.2, 0) is 56.0 Å². The Kier molecular flexibility index (Phi) is 24.8. The van der Waals surface area contributed by atoms with Gasteiger partial charge in [0.15, 0.2) is 0 Å². The first-order valence-electron chi connectivity index (χ1n) is 25.3. The largest absolute Gasteiger partial charge is 0.508 e. The summed E-state index contributed by atoms with van der Waals surface area (Å²) in [5.41, 5.74) is 12.8. The fourth-order valence-corrected chi connectivity index (χ4v) is 8.32. The molecule has 0 unspecified atom stereocenters. The number of hydrogen-bond acceptors (Lipinski definition) is 13. The molecular weight excluding hydrogens is 945 g/mol. The third-order valence-corrected chi connectivity index (χ3v) is 12.8. The summed E-state index contributed by atoms with van der Waals surface area (Å²) < 4.78 is 0. The fourth-order valence-electron chi connectivity index (χ4n) is 8.32. The van der Waals surface area contributed by atoms with Crippen molar-refractivity contribution in [1.82, 2.24) is 52.1 Å². The molecule has 23 nitrogen and oxygen atoms in total. The normalized spacial score (nSPS) is 16.8. The van der Waals surface area contributed by atoms with Crippen LogP contribution in [0.25, 0.3) is 0 Å². The zero-order valence-corrected chi connectivity index (χ0v) is 43.5. The maximum atomic E-state index is 14.1. The number of imidazole rings is 1. The Morgan fingerprint density at radius 2 is 1.36 bits per heavy atom. The number of likely N-dealkylation sites (tertiary alicyclic amines) is 1. The smallest absolute Gasteiger partial charge is 0.326 e. The average Bonchev–Trinajstić information content (AvgIpc) is 4.05. The number of aromatic nitrogens is 2. The number of aliphatic carboxylic acids is 1. The first-order chi connectivity index (χ1) is 34.5. The highest BCUT2D eigenvalue weighted by Gasteiger charge is 2.40. The number of carboxylic acid groups (broad SMARTS) is 1. The van der Waals surface area contributed by atoms with Crippen LogP contribution in [-0.4, -0.2) is 146 Å². The molecule has 0 aliphatic carbocycles. The predicted octanol–water partition coefficient (Wildman–Crippen LogP) is -0.138. The molecule has 23 heteroatoms. The van der Waals surface area contributed by atoms with E-state index in [0.29, 0.717) is 62.9 Å². The molecule has 3 rings (SSSR count). The van der Waals surface area contributed by atoms with Crippen LogP contribution in [0.3, 0.4) is 0 Å².